The van der Waals surface area contributed by atoms with E-state index in [1.807, 2.05) is 26.8 Å². The Kier molecular flexibility index (Phi) is 4.44. The van der Waals surface area contributed by atoms with E-state index in [0.29, 0.717) is 17.5 Å². The number of furan rings is 1. The van der Waals surface area contributed by atoms with E-state index < -0.39 is 0 Å². The van der Waals surface area contributed by atoms with Crippen molar-refractivity contribution in [1.29, 1.82) is 0 Å². The largest absolute Gasteiger partial charge is 0.466 e. The SMILES string of the molecule is CCNc1nnc(SCc2nnc(-c3cc(C)oc3C)o2)s1. The van der Waals surface area contributed by atoms with Crippen molar-refractivity contribution in [3.05, 3.63) is 23.5 Å². The van der Waals surface area contributed by atoms with Crippen molar-refractivity contribution in [2.45, 2.75) is 30.9 Å². The molecule has 0 aliphatic carbocycles. The summed E-state index contributed by atoms with van der Waals surface area (Å²) in [6.45, 7) is 6.62. The second-order valence-corrected chi connectivity index (χ2v) is 6.72. The number of hydrogen-bond acceptors (Lipinski definition) is 9. The fourth-order valence-corrected chi connectivity index (χ4v) is 3.53. The van der Waals surface area contributed by atoms with Gasteiger partial charge in [-0.2, -0.15) is 0 Å². The van der Waals surface area contributed by atoms with Gasteiger partial charge in [-0.05, 0) is 26.8 Å². The molecular weight excluding hydrogens is 322 g/mol. The summed E-state index contributed by atoms with van der Waals surface area (Å²) >= 11 is 3.03. The zero-order valence-electron chi connectivity index (χ0n) is 12.4. The molecule has 3 aromatic heterocycles. The van der Waals surface area contributed by atoms with Crippen molar-refractivity contribution in [3.63, 3.8) is 0 Å². The molecule has 0 aliphatic rings. The van der Waals surface area contributed by atoms with Gasteiger partial charge in [0.25, 0.3) is 5.89 Å². The Hall–Kier alpha value is -1.87. The van der Waals surface area contributed by atoms with E-state index >= 15 is 0 Å². The summed E-state index contributed by atoms with van der Waals surface area (Å²) in [6, 6.07) is 1.90. The van der Waals surface area contributed by atoms with Crippen molar-refractivity contribution in [2.24, 2.45) is 0 Å². The number of thioether (sulfide) groups is 1. The molecule has 1 N–H and O–H groups in total. The Bertz CT molecular complexity index is 764. The van der Waals surface area contributed by atoms with Crippen LogP contribution in [0.2, 0.25) is 0 Å². The van der Waals surface area contributed by atoms with Crippen LogP contribution in [0.3, 0.4) is 0 Å². The lowest BCUT2D eigenvalue weighted by molar-refractivity contribution is 0.499. The first kappa shape index (κ1) is 15.0. The lowest BCUT2D eigenvalue weighted by atomic mass is 10.2. The van der Waals surface area contributed by atoms with Crippen LogP contribution in [0, 0.1) is 13.8 Å². The van der Waals surface area contributed by atoms with Gasteiger partial charge >= 0.3 is 0 Å². The van der Waals surface area contributed by atoms with Gasteiger partial charge in [0.2, 0.25) is 11.0 Å². The molecule has 0 saturated carbocycles. The number of rotatable bonds is 6. The highest BCUT2D eigenvalue weighted by Crippen LogP contribution is 2.30. The molecule has 22 heavy (non-hydrogen) atoms. The standard InChI is InChI=1S/C13H15N5O2S2/c1-4-14-12-17-18-13(22-12)21-6-10-15-16-11(20-10)9-5-7(2)19-8(9)3/h5H,4,6H2,1-3H3,(H,14,17). The smallest absolute Gasteiger partial charge is 0.251 e. The molecule has 116 valence electrons. The van der Waals surface area contributed by atoms with Gasteiger partial charge in [-0.1, -0.05) is 23.1 Å². The molecule has 0 aliphatic heterocycles. The average Bonchev–Trinajstić information content (AvgIpc) is 3.17. The maximum Gasteiger partial charge on any atom is 0.251 e. The second-order valence-electron chi connectivity index (χ2n) is 4.52. The minimum atomic E-state index is 0.482. The molecule has 0 radical (unpaired) electrons. The average molecular weight is 337 g/mol. The molecule has 3 aromatic rings. The summed E-state index contributed by atoms with van der Waals surface area (Å²) in [5, 5.41) is 20.2. The third-order valence-electron chi connectivity index (χ3n) is 2.79. The minimum absolute atomic E-state index is 0.482. The number of aryl methyl sites for hydroxylation is 2. The van der Waals surface area contributed by atoms with Crippen molar-refractivity contribution in [3.8, 4) is 11.5 Å². The van der Waals surface area contributed by atoms with Crippen LogP contribution in [0.1, 0.15) is 24.3 Å². The number of hydrogen-bond donors (Lipinski definition) is 1. The van der Waals surface area contributed by atoms with E-state index in [9.17, 15) is 0 Å². The molecule has 0 fully saturated rings. The Labute approximate surface area is 135 Å². The maximum atomic E-state index is 5.68. The quantitative estimate of drug-likeness (QED) is 0.683. The molecule has 0 aromatic carbocycles. The predicted molar refractivity (Wildman–Crippen MR) is 85.1 cm³/mol. The molecule has 3 heterocycles. The predicted octanol–water partition coefficient (Wildman–Crippen LogP) is 3.52. The summed E-state index contributed by atoms with van der Waals surface area (Å²) in [6.07, 6.45) is 0. The molecule has 0 amide bonds. The summed E-state index contributed by atoms with van der Waals surface area (Å²) in [4.78, 5) is 0. The normalized spacial score (nSPS) is 11.0. The van der Waals surface area contributed by atoms with Crippen molar-refractivity contribution >= 4 is 28.2 Å². The van der Waals surface area contributed by atoms with Gasteiger partial charge < -0.3 is 14.2 Å². The highest BCUT2D eigenvalue weighted by molar-refractivity contribution is 8.00. The van der Waals surface area contributed by atoms with Gasteiger partial charge in [0.1, 0.15) is 11.5 Å². The number of nitrogens with one attached hydrogen (secondary N) is 1. The van der Waals surface area contributed by atoms with Crippen LogP contribution in [-0.2, 0) is 5.75 Å². The second kappa shape index (κ2) is 6.49. The number of nitrogens with zero attached hydrogens (tertiary/aromatic N) is 4. The first-order chi connectivity index (χ1) is 10.7. The van der Waals surface area contributed by atoms with E-state index in [2.05, 4.69) is 25.7 Å². The van der Waals surface area contributed by atoms with Gasteiger partial charge in [0.05, 0.1) is 11.3 Å². The molecule has 9 heteroatoms. The Morgan fingerprint density at radius 2 is 2.05 bits per heavy atom. The van der Waals surface area contributed by atoms with Crippen LogP contribution in [0.25, 0.3) is 11.5 Å². The van der Waals surface area contributed by atoms with Crippen LogP contribution in [0.5, 0.6) is 0 Å². The van der Waals surface area contributed by atoms with Gasteiger partial charge in [-0.3, -0.25) is 0 Å². The minimum Gasteiger partial charge on any atom is -0.466 e. The van der Waals surface area contributed by atoms with Crippen molar-refractivity contribution in [2.75, 3.05) is 11.9 Å². The lowest BCUT2D eigenvalue weighted by Gasteiger charge is -1.92. The summed E-state index contributed by atoms with van der Waals surface area (Å²) < 4.78 is 12.0. The van der Waals surface area contributed by atoms with Gasteiger partial charge in [0, 0.05) is 6.54 Å². The van der Waals surface area contributed by atoms with Crippen LogP contribution < -0.4 is 5.32 Å². The Balaban J connectivity index is 1.65. The van der Waals surface area contributed by atoms with Gasteiger partial charge in [-0.15, -0.1) is 20.4 Å². The fourth-order valence-electron chi connectivity index (χ4n) is 1.88. The maximum absolute atomic E-state index is 5.68. The first-order valence-corrected chi connectivity index (χ1v) is 8.56. The van der Waals surface area contributed by atoms with Crippen molar-refractivity contribution < 1.29 is 8.83 Å². The molecule has 0 saturated heterocycles. The number of aromatic nitrogens is 4. The number of anilines is 1. The summed E-state index contributed by atoms with van der Waals surface area (Å²) in [7, 11) is 0. The third-order valence-corrected chi connectivity index (χ3v) is 4.79. The molecule has 7 nitrogen and oxygen atoms in total. The zero-order chi connectivity index (χ0) is 15.5. The molecule has 0 spiro atoms. The first-order valence-electron chi connectivity index (χ1n) is 6.75. The van der Waals surface area contributed by atoms with Crippen LogP contribution in [0.4, 0.5) is 5.13 Å². The van der Waals surface area contributed by atoms with Crippen LogP contribution in [-0.4, -0.2) is 26.9 Å². The summed E-state index contributed by atoms with van der Waals surface area (Å²) in [5.74, 6) is 3.20. The van der Waals surface area contributed by atoms with Gasteiger partial charge in [-0.25, -0.2) is 0 Å². The Morgan fingerprint density at radius 1 is 1.18 bits per heavy atom. The van der Waals surface area contributed by atoms with Crippen molar-refractivity contribution in [1.82, 2.24) is 20.4 Å². The zero-order valence-corrected chi connectivity index (χ0v) is 14.0. The van der Waals surface area contributed by atoms with E-state index in [4.69, 9.17) is 8.83 Å². The van der Waals surface area contributed by atoms with Crippen LogP contribution >= 0.6 is 23.1 Å². The molecule has 0 atom stereocenters. The molecule has 0 bridgehead atoms. The molecule has 3 rings (SSSR count). The molecule has 0 unspecified atom stereocenters. The fraction of sp³-hybridized carbons (Fsp3) is 0.385. The van der Waals surface area contributed by atoms with E-state index in [0.717, 1.165) is 33.1 Å². The lowest BCUT2D eigenvalue weighted by Crippen LogP contribution is -1.94. The van der Waals surface area contributed by atoms with E-state index in [1.54, 1.807) is 0 Å². The molecular formula is C13H15N5O2S2. The topological polar surface area (TPSA) is 89.9 Å². The van der Waals surface area contributed by atoms with E-state index in [-0.39, 0.29) is 0 Å². The third kappa shape index (κ3) is 3.30. The van der Waals surface area contributed by atoms with Gasteiger partial charge in [0.15, 0.2) is 4.34 Å². The van der Waals surface area contributed by atoms with E-state index in [1.165, 1.54) is 23.1 Å². The monoisotopic (exact) mass is 337 g/mol. The highest BCUT2D eigenvalue weighted by Gasteiger charge is 2.15. The highest BCUT2D eigenvalue weighted by atomic mass is 32.2. The summed E-state index contributed by atoms with van der Waals surface area (Å²) in [5.41, 5.74) is 0.839. The van der Waals surface area contributed by atoms with Crippen LogP contribution in [0.15, 0.2) is 19.2 Å². The Morgan fingerprint density at radius 3 is 2.77 bits per heavy atom.